The van der Waals surface area contributed by atoms with E-state index in [1.165, 1.54) is 6.92 Å². The standard InChI is InChI=1S/C11H12F3NO2/c1-3-17-11(16)6(2)15-10-5-8(13)7(12)4-9(10)14/h4-6,15H,3H2,1-2H3. The first kappa shape index (κ1) is 13.3. The number of carbonyl (C=O) groups is 1. The quantitative estimate of drug-likeness (QED) is 0.656. The lowest BCUT2D eigenvalue weighted by Crippen LogP contribution is -2.28. The predicted molar refractivity (Wildman–Crippen MR) is 56.0 cm³/mol. The molecule has 94 valence electrons. The van der Waals surface area contributed by atoms with Gasteiger partial charge in [0.2, 0.25) is 0 Å². The molecular weight excluding hydrogens is 235 g/mol. The summed E-state index contributed by atoms with van der Waals surface area (Å²) in [6, 6.07) is 0.213. The first-order chi connectivity index (χ1) is 7.95. The number of anilines is 1. The molecular formula is C11H12F3NO2. The van der Waals surface area contributed by atoms with E-state index in [0.717, 1.165) is 0 Å². The number of benzene rings is 1. The molecule has 17 heavy (non-hydrogen) atoms. The van der Waals surface area contributed by atoms with Crippen LogP contribution in [-0.4, -0.2) is 18.6 Å². The summed E-state index contributed by atoms with van der Waals surface area (Å²) in [6.45, 7) is 3.24. The zero-order chi connectivity index (χ0) is 13.0. The van der Waals surface area contributed by atoms with Crippen LogP contribution in [0.4, 0.5) is 18.9 Å². The van der Waals surface area contributed by atoms with Crippen LogP contribution in [0.5, 0.6) is 0 Å². The molecule has 0 aliphatic heterocycles. The van der Waals surface area contributed by atoms with E-state index in [1.807, 2.05) is 0 Å². The molecule has 1 aromatic rings. The summed E-state index contributed by atoms with van der Waals surface area (Å²) in [5.74, 6) is -4.04. The summed E-state index contributed by atoms with van der Waals surface area (Å²) in [7, 11) is 0. The summed E-state index contributed by atoms with van der Waals surface area (Å²) in [6.07, 6.45) is 0. The van der Waals surface area contributed by atoms with E-state index in [1.54, 1.807) is 6.92 Å². The van der Waals surface area contributed by atoms with E-state index in [-0.39, 0.29) is 12.3 Å². The highest BCUT2D eigenvalue weighted by atomic mass is 19.2. The lowest BCUT2D eigenvalue weighted by atomic mass is 10.2. The predicted octanol–water partition coefficient (Wildman–Crippen LogP) is 2.47. The van der Waals surface area contributed by atoms with Crippen LogP contribution in [0.3, 0.4) is 0 Å². The van der Waals surface area contributed by atoms with Gasteiger partial charge in [-0.15, -0.1) is 0 Å². The maximum atomic E-state index is 13.2. The van der Waals surface area contributed by atoms with Gasteiger partial charge >= 0.3 is 5.97 Å². The van der Waals surface area contributed by atoms with E-state index in [2.05, 4.69) is 10.1 Å². The van der Waals surface area contributed by atoms with Gasteiger partial charge in [0.25, 0.3) is 0 Å². The Morgan fingerprint density at radius 1 is 1.29 bits per heavy atom. The van der Waals surface area contributed by atoms with Gasteiger partial charge in [0.05, 0.1) is 12.3 Å². The van der Waals surface area contributed by atoms with Gasteiger partial charge in [-0.2, -0.15) is 0 Å². The monoisotopic (exact) mass is 247 g/mol. The average Bonchev–Trinajstić information content (AvgIpc) is 2.26. The molecule has 1 aromatic carbocycles. The molecule has 0 aromatic heterocycles. The van der Waals surface area contributed by atoms with Gasteiger partial charge in [-0.3, -0.25) is 0 Å². The molecule has 0 radical (unpaired) electrons. The molecule has 6 heteroatoms. The highest BCUT2D eigenvalue weighted by Crippen LogP contribution is 2.19. The van der Waals surface area contributed by atoms with Gasteiger partial charge in [0.1, 0.15) is 11.9 Å². The van der Waals surface area contributed by atoms with E-state index < -0.39 is 29.5 Å². The molecule has 1 N–H and O–H groups in total. The molecule has 0 fully saturated rings. The van der Waals surface area contributed by atoms with Crippen molar-refractivity contribution in [2.45, 2.75) is 19.9 Å². The molecule has 0 heterocycles. The molecule has 0 amide bonds. The summed E-state index contributed by atoms with van der Waals surface area (Å²) >= 11 is 0. The Labute approximate surface area is 96.6 Å². The van der Waals surface area contributed by atoms with Crippen LogP contribution in [0.1, 0.15) is 13.8 Å². The minimum absolute atomic E-state index is 0.186. The van der Waals surface area contributed by atoms with Crippen molar-refractivity contribution in [1.29, 1.82) is 0 Å². The summed E-state index contributed by atoms with van der Waals surface area (Å²) in [4.78, 5) is 11.2. The molecule has 0 aliphatic rings. The smallest absolute Gasteiger partial charge is 0.328 e. The fourth-order valence-corrected chi connectivity index (χ4v) is 1.19. The Kier molecular flexibility index (Phi) is 4.37. The Bertz CT molecular complexity index is 423. The number of rotatable bonds is 4. The van der Waals surface area contributed by atoms with E-state index >= 15 is 0 Å². The summed E-state index contributed by atoms with van der Waals surface area (Å²) in [5, 5.41) is 2.41. The van der Waals surface area contributed by atoms with Gasteiger partial charge in [0, 0.05) is 12.1 Å². The second-order valence-electron chi connectivity index (χ2n) is 3.36. The van der Waals surface area contributed by atoms with Gasteiger partial charge in [0.15, 0.2) is 11.6 Å². The fraction of sp³-hybridized carbons (Fsp3) is 0.364. The van der Waals surface area contributed by atoms with Gasteiger partial charge < -0.3 is 10.1 Å². The molecule has 1 atom stereocenters. The minimum Gasteiger partial charge on any atom is -0.464 e. The Morgan fingerprint density at radius 3 is 2.47 bits per heavy atom. The van der Waals surface area contributed by atoms with Crippen LogP contribution >= 0.6 is 0 Å². The second kappa shape index (κ2) is 5.56. The van der Waals surface area contributed by atoms with Crippen molar-refractivity contribution < 1.29 is 22.7 Å². The number of carbonyl (C=O) groups excluding carboxylic acids is 1. The highest BCUT2D eigenvalue weighted by Gasteiger charge is 2.17. The maximum Gasteiger partial charge on any atom is 0.328 e. The topological polar surface area (TPSA) is 38.3 Å². The summed E-state index contributed by atoms with van der Waals surface area (Å²) < 4.78 is 43.4. The number of nitrogens with one attached hydrogen (secondary N) is 1. The summed E-state index contributed by atoms with van der Waals surface area (Å²) in [5.41, 5.74) is -0.288. The van der Waals surface area contributed by atoms with Crippen LogP contribution in [0.15, 0.2) is 12.1 Å². The van der Waals surface area contributed by atoms with Gasteiger partial charge in [-0.1, -0.05) is 0 Å². The van der Waals surface area contributed by atoms with Crippen molar-refractivity contribution in [3.63, 3.8) is 0 Å². The fourth-order valence-electron chi connectivity index (χ4n) is 1.19. The van der Waals surface area contributed by atoms with Gasteiger partial charge in [-0.05, 0) is 13.8 Å². The third kappa shape index (κ3) is 3.37. The molecule has 0 spiro atoms. The van der Waals surface area contributed by atoms with Gasteiger partial charge in [-0.25, -0.2) is 18.0 Å². The molecule has 0 bridgehead atoms. The van der Waals surface area contributed by atoms with E-state index in [9.17, 15) is 18.0 Å². The van der Waals surface area contributed by atoms with Crippen LogP contribution < -0.4 is 5.32 Å². The van der Waals surface area contributed by atoms with Crippen LogP contribution in [0.2, 0.25) is 0 Å². The number of halogens is 3. The van der Waals surface area contributed by atoms with Crippen LogP contribution in [0.25, 0.3) is 0 Å². The first-order valence-corrected chi connectivity index (χ1v) is 5.03. The zero-order valence-corrected chi connectivity index (χ0v) is 9.39. The Hall–Kier alpha value is -1.72. The average molecular weight is 247 g/mol. The number of hydrogen-bond acceptors (Lipinski definition) is 3. The zero-order valence-electron chi connectivity index (χ0n) is 9.39. The number of esters is 1. The molecule has 3 nitrogen and oxygen atoms in total. The SMILES string of the molecule is CCOC(=O)C(C)Nc1cc(F)c(F)cc1F. The highest BCUT2D eigenvalue weighted by molar-refractivity contribution is 5.78. The first-order valence-electron chi connectivity index (χ1n) is 5.03. The van der Waals surface area contributed by atoms with Crippen molar-refractivity contribution in [2.75, 3.05) is 11.9 Å². The third-order valence-corrected chi connectivity index (χ3v) is 2.02. The van der Waals surface area contributed by atoms with Crippen LogP contribution in [0, 0.1) is 17.5 Å². The Balaban J connectivity index is 2.81. The lowest BCUT2D eigenvalue weighted by molar-refractivity contribution is -0.143. The van der Waals surface area contributed by atoms with Crippen molar-refractivity contribution in [3.8, 4) is 0 Å². The van der Waals surface area contributed by atoms with Crippen molar-refractivity contribution in [2.24, 2.45) is 0 Å². The normalized spacial score (nSPS) is 12.1. The maximum absolute atomic E-state index is 13.2. The van der Waals surface area contributed by atoms with Crippen molar-refractivity contribution in [1.82, 2.24) is 0 Å². The molecule has 0 aliphatic carbocycles. The lowest BCUT2D eigenvalue weighted by Gasteiger charge is -2.14. The van der Waals surface area contributed by atoms with E-state index in [0.29, 0.717) is 12.1 Å². The number of ether oxygens (including phenoxy) is 1. The third-order valence-electron chi connectivity index (χ3n) is 2.02. The van der Waals surface area contributed by atoms with Crippen molar-refractivity contribution in [3.05, 3.63) is 29.6 Å². The molecule has 0 saturated carbocycles. The number of hydrogen-bond donors (Lipinski definition) is 1. The Morgan fingerprint density at radius 2 is 1.88 bits per heavy atom. The minimum atomic E-state index is -1.28. The molecule has 0 saturated heterocycles. The largest absolute Gasteiger partial charge is 0.464 e. The second-order valence-corrected chi connectivity index (χ2v) is 3.36. The molecule has 1 rings (SSSR count). The van der Waals surface area contributed by atoms with Crippen LogP contribution in [-0.2, 0) is 9.53 Å². The van der Waals surface area contributed by atoms with Crippen molar-refractivity contribution >= 4 is 11.7 Å². The molecule has 1 unspecified atom stereocenters. The van der Waals surface area contributed by atoms with E-state index in [4.69, 9.17) is 0 Å².